The fourth-order valence-electron chi connectivity index (χ4n) is 2.85. The van der Waals surface area contributed by atoms with E-state index < -0.39 is 0 Å². The van der Waals surface area contributed by atoms with E-state index in [4.69, 9.17) is 10.5 Å². The lowest BCUT2D eigenvalue weighted by Gasteiger charge is -2.38. The van der Waals surface area contributed by atoms with Crippen LogP contribution in [-0.2, 0) is 6.54 Å². The van der Waals surface area contributed by atoms with Crippen LogP contribution in [0, 0.1) is 5.92 Å². The summed E-state index contributed by atoms with van der Waals surface area (Å²) in [5.41, 5.74) is 7.26. The quantitative estimate of drug-likeness (QED) is 0.908. The molecule has 1 saturated heterocycles. The van der Waals surface area contributed by atoms with Crippen molar-refractivity contribution in [2.24, 2.45) is 11.7 Å². The van der Waals surface area contributed by atoms with Gasteiger partial charge in [-0.2, -0.15) is 0 Å². The number of nitrogens with zero attached hydrogens (tertiary/aromatic N) is 1. The predicted octanol–water partition coefficient (Wildman–Crippen LogP) is 3.07. The summed E-state index contributed by atoms with van der Waals surface area (Å²) < 4.78 is 5.47. The van der Waals surface area contributed by atoms with Gasteiger partial charge >= 0.3 is 0 Å². The van der Waals surface area contributed by atoms with E-state index in [9.17, 15) is 0 Å². The second-order valence-electron chi connectivity index (χ2n) is 5.57. The Kier molecular flexibility index (Phi) is 7.35. The van der Waals surface area contributed by atoms with E-state index >= 15 is 0 Å². The molecule has 0 radical (unpaired) electrons. The highest BCUT2D eigenvalue weighted by molar-refractivity contribution is 5.85. The van der Waals surface area contributed by atoms with Gasteiger partial charge in [0.25, 0.3) is 0 Å². The summed E-state index contributed by atoms with van der Waals surface area (Å²) in [5, 5.41) is 0. The molecule has 20 heavy (non-hydrogen) atoms. The number of ether oxygens (including phenoxy) is 1. The predicted molar refractivity (Wildman–Crippen MR) is 86.5 cm³/mol. The summed E-state index contributed by atoms with van der Waals surface area (Å²) in [6, 6.07) is 8.98. The van der Waals surface area contributed by atoms with Crippen LogP contribution in [0.4, 0.5) is 0 Å². The third-order valence-electron chi connectivity index (χ3n) is 3.99. The second-order valence-corrected chi connectivity index (χ2v) is 5.57. The molecule has 0 aromatic heterocycles. The molecule has 4 heteroatoms. The van der Waals surface area contributed by atoms with Gasteiger partial charge < -0.3 is 10.5 Å². The molecule has 2 atom stereocenters. The fraction of sp³-hybridized carbons (Fsp3) is 0.625. The molecule has 2 unspecified atom stereocenters. The lowest BCUT2D eigenvalue weighted by atomic mass is 9.92. The average molecular weight is 299 g/mol. The summed E-state index contributed by atoms with van der Waals surface area (Å²) in [6.07, 6.45) is 2.51. The zero-order valence-electron chi connectivity index (χ0n) is 12.5. The minimum Gasteiger partial charge on any atom is -0.494 e. The van der Waals surface area contributed by atoms with Crippen molar-refractivity contribution >= 4 is 12.4 Å². The molecular formula is C16H27ClN2O. The van der Waals surface area contributed by atoms with Crippen molar-refractivity contribution in [3.05, 3.63) is 29.8 Å². The minimum atomic E-state index is 0. The first-order valence-corrected chi connectivity index (χ1v) is 7.38. The molecule has 114 valence electrons. The molecule has 1 aromatic carbocycles. The first-order valence-electron chi connectivity index (χ1n) is 7.38. The maximum absolute atomic E-state index is 5.91. The van der Waals surface area contributed by atoms with Gasteiger partial charge in [-0.05, 0) is 49.9 Å². The Hall–Kier alpha value is -0.770. The maximum atomic E-state index is 5.91. The first-order chi connectivity index (χ1) is 9.22. The molecule has 0 bridgehead atoms. The summed E-state index contributed by atoms with van der Waals surface area (Å²) in [5.74, 6) is 1.76. The van der Waals surface area contributed by atoms with Crippen LogP contribution in [-0.4, -0.2) is 30.6 Å². The molecule has 0 aliphatic carbocycles. The van der Waals surface area contributed by atoms with Crippen molar-refractivity contribution in [2.75, 3.05) is 19.7 Å². The molecular weight excluding hydrogens is 272 g/mol. The average Bonchev–Trinajstić information content (AvgIpc) is 2.43. The van der Waals surface area contributed by atoms with Crippen molar-refractivity contribution in [2.45, 2.75) is 39.3 Å². The summed E-state index contributed by atoms with van der Waals surface area (Å²) in [6.45, 7) is 7.99. The molecule has 2 rings (SSSR count). The van der Waals surface area contributed by atoms with E-state index in [-0.39, 0.29) is 12.4 Å². The topological polar surface area (TPSA) is 38.5 Å². The Morgan fingerprint density at radius 2 is 2.00 bits per heavy atom. The van der Waals surface area contributed by atoms with E-state index in [1.54, 1.807) is 0 Å². The van der Waals surface area contributed by atoms with Crippen molar-refractivity contribution in [1.82, 2.24) is 4.90 Å². The number of piperidine rings is 1. The molecule has 0 saturated carbocycles. The minimum absolute atomic E-state index is 0. The number of hydrogen-bond donors (Lipinski definition) is 1. The van der Waals surface area contributed by atoms with Crippen molar-refractivity contribution < 1.29 is 4.74 Å². The lowest BCUT2D eigenvalue weighted by Crippen LogP contribution is -2.45. The highest BCUT2D eigenvalue weighted by atomic mass is 35.5. The van der Waals surface area contributed by atoms with Gasteiger partial charge in [-0.15, -0.1) is 12.4 Å². The van der Waals surface area contributed by atoms with Gasteiger partial charge in [0.2, 0.25) is 0 Å². The van der Waals surface area contributed by atoms with Gasteiger partial charge in [0.15, 0.2) is 0 Å². The number of benzene rings is 1. The first kappa shape index (κ1) is 17.3. The number of nitrogens with two attached hydrogens (primary N) is 1. The third kappa shape index (κ3) is 4.65. The van der Waals surface area contributed by atoms with Crippen LogP contribution in [0.1, 0.15) is 32.3 Å². The molecule has 0 amide bonds. The molecule has 1 fully saturated rings. The van der Waals surface area contributed by atoms with Gasteiger partial charge in [-0.25, -0.2) is 0 Å². The molecule has 1 heterocycles. The monoisotopic (exact) mass is 298 g/mol. The Labute approximate surface area is 128 Å². The lowest BCUT2D eigenvalue weighted by molar-refractivity contribution is 0.115. The normalized spacial score (nSPS) is 23.1. The fourth-order valence-corrected chi connectivity index (χ4v) is 2.85. The van der Waals surface area contributed by atoms with Crippen LogP contribution in [0.15, 0.2) is 24.3 Å². The third-order valence-corrected chi connectivity index (χ3v) is 3.99. The smallest absolute Gasteiger partial charge is 0.119 e. The van der Waals surface area contributed by atoms with Crippen LogP contribution in [0.5, 0.6) is 5.75 Å². The van der Waals surface area contributed by atoms with Gasteiger partial charge in [-0.3, -0.25) is 4.90 Å². The Morgan fingerprint density at radius 1 is 1.30 bits per heavy atom. The molecule has 3 nitrogen and oxygen atoms in total. The zero-order chi connectivity index (χ0) is 13.7. The number of hydrogen-bond acceptors (Lipinski definition) is 3. The van der Waals surface area contributed by atoms with Gasteiger partial charge in [0, 0.05) is 19.1 Å². The van der Waals surface area contributed by atoms with Crippen LogP contribution in [0.25, 0.3) is 0 Å². The van der Waals surface area contributed by atoms with Crippen molar-refractivity contribution in [1.29, 1.82) is 0 Å². The standard InChI is InChI=1S/C16H26N2O.ClH/c1-3-19-16-6-4-14(5-7-16)12-18-9-8-13(2)10-15(18)11-17;/h4-7,13,15H,3,8-12,17H2,1-2H3;1H. The molecule has 2 N–H and O–H groups in total. The van der Waals surface area contributed by atoms with Crippen molar-refractivity contribution in [3.8, 4) is 5.75 Å². The highest BCUT2D eigenvalue weighted by Crippen LogP contribution is 2.24. The molecule has 1 aliphatic heterocycles. The Morgan fingerprint density at radius 3 is 2.60 bits per heavy atom. The zero-order valence-corrected chi connectivity index (χ0v) is 13.4. The van der Waals surface area contributed by atoms with Crippen LogP contribution in [0.2, 0.25) is 0 Å². The second kappa shape index (κ2) is 8.50. The largest absolute Gasteiger partial charge is 0.494 e. The Balaban J connectivity index is 0.00000200. The van der Waals surface area contributed by atoms with Crippen molar-refractivity contribution in [3.63, 3.8) is 0 Å². The number of rotatable bonds is 5. The molecule has 1 aliphatic rings. The van der Waals surface area contributed by atoms with Gasteiger partial charge in [0.1, 0.15) is 5.75 Å². The molecule has 1 aromatic rings. The van der Waals surface area contributed by atoms with E-state index in [1.165, 1.54) is 18.4 Å². The number of likely N-dealkylation sites (tertiary alicyclic amines) is 1. The van der Waals surface area contributed by atoms with Gasteiger partial charge in [0.05, 0.1) is 6.61 Å². The number of halogens is 1. The van der Waals surface area contributed by atoms with Crippen LogP contribution >= 0.6 is 12.4 Å². The van der Waals surface area contributed by atoms with Crippen LogP contribution < -0.4 is 10.5 Å². The summed E-state index contributed by atoms with van der Waals surface area (Å²) >= 11 is 0. The summed E-state index contributed by atoms with van der Waals surface area (Å²) in [7, 11) is 0. The van der Waals surface area contributed by atoms with E-state index in [1.807, 2.05) is 6.92 Å². The van der Waals surface area contributed by atoms with E-state index in [2.05, 4.69) is 36.1 Å². The van der Waals surface area contributed by atoms with E-state index in [0.717, 1.165) is 37.9 Å². The SMILES string of the molecule is CCOc1ccc(CN2CCC(C)CC2CN)cc1.Cl. The summed E-state index contributed by atoms with van der Waals surface area (Å²) in [4.78, 5) is 2.52. The Bertz CT molecular complexity index is 383. The maximum Gasteiger partial charge on any atom is 0.119 e. The molecule has 0 spiro atoms. The van der Waals surface area contributed by atoms with Crippen LogP contribution in [0.3, 0.4) is 0 Å². The van der Waals surface area contributed by atoms with Gasteiger partial charge in [-0.1, -0.05) is 19.1 Å². The highest BCUT2D eigenvalue weighted by Gasteiger charge is 2.24. The van der Waals surface area contributed by atoms with E-state index in [0.29, 0.717) is 6.04 Å².